The molecule has 0 aliphatic heterocycles. The molecule has 1 aromatic carbocycles. The summed E-state index contributed by atoms with van der Waals surface area (Å²) in [5.74, 6) is -1.13. The SMILES string of the molecule is CC(=O)c1oc2ccccc2c1NC(=O)[C@@H](C)OC(=O)C1CCC1. The first-order valence-electron chi connectivity index (χ1n) is 8.01. The standard InChI is InChI=1S/C18H19NO5/c1-10(20)16-15(13-8-3-4-9-14(13)24-16)19-17(21)11(2)23-18(22)12-6-5-7-12/h3-4,8-9,11-12H,5-7H2,1-2H3,(H,19,21)/t11-/m1/s1. The highest BCUT2D eigenvalue weighted by Crippen LogP contribution is 2.32. The smallest absolute Gasteiger partial charge is 0.309 e. The highest BCUT2D eigenvalue weighted by Gasteiger charge is 2.30. The number of anilines is 1. The lowest BCUT2D eigenvalue weighted by Gasteiger charge is -2.24. The van der Waals surface area contributed by atoms with E-state index in [1.807, 2.05) is 0 Å². The van der Waals surface area contributed by atoms with Gasteiger partial charge in [-0.1, -0.05) is 18.6 Å². The Kier molecular flexibility index (Phi) is 4.38. The molecule has 1 aromatic heterocycles. The number of carbonyl (C=O) groups excluding carboxylic acids is 3. The molecule has 0 bridgehead atoms. The second-order valence-corrected chi connectivity index (χ2v) is 6.05. The van der Waals surface area contributed by atoms with Gasteiger partial charge in [0.1, 0.15) is 5.58 Å². The van der Waals surface area contributed by atoms with Crippen molar-refractivity contribution in [2.45, 2.75) is 39.2 Å². The maximum Gasteiger partial charge on any atom is 0.309 e. The molecule has 6 nitrogen and oxygen atoms in total. The molecule has 126 valence electrons. The fourth-order valence-corrected chi connectivity index (χ4v) is 2.61. The van der Waals surface area contributed by atoms with Crippen molar-refractivity contribution in [2.24, 2.45) is 5.92 Å². The highest BCUT2D eigenvalue weighted by atomic mass is 16.5. The number of hydrogen-bond donors (Lipinski definition) is 1. The van der Waals surface area contributed by atoms with Gasteiger partial charge in [0, 0.05) is 12.3 Å². The first kappa shape index (κ1) is 16.2. The normalized spacial score (nSPS) is 15.6. The summed E-state index contributed by atoms with van der Waals surface area (Å²) in [6.45, 7) is 2.88. The number of para-hydroxylation sites is 1. The Morgan fingerprint density at radius 1 is 1.25 bits per heavy atom. The predicted octanol–water partition coefficient (Wildman–Crippen LogP) is 3.31. The van der Waals surface area contributed by atoms with Crippen LogP contribution in [-0.2, 0) is 14.3 Å². The average Bonchev–Trinajstić information content (AvgIpc) is 2.84. The molecule has 0 saturated heterocycles. The average molecular weight is 329 g/mol. The number of benzene rings is 1. The van der Waals surface area contributed by atoms with Crippen LogP contribution in [-0.4, -0.2) is 23.8 Å². The van der Waals surface area contributed by atoms with Gasteiger partial charge in [-0.05, 0) is 31.9 Å². The second kappa shape index (κ2) is 6.47. The summed E-state index contributed by atoms with van der Waals surface area (Å²) >= 11 is 0. The van der Waals surface area contributed by atoms with Crippen LogP contribution in [0.3, 0.4) is 0 Å². The second-order valence-electron chi connectivity index (χ2n) is 6.05. The minimum atomic E-state index is -0.938. The Morgan fingerprint density at radius 3 is 2.58 bits per heavy atom. The van der Waals surface area contributed by atoms with Crippen LogP contribution in [0.5, 0.6) is 0 Å². The lowest BCUT2D eigenvalue weighted by atomic mass is 9.86. The van der Waals surface area contributed by atoms with E-state index in [1.165, 1.54) is 13.8 Å². The van der Waals surface area contributed by atoms with E-state index in [0.29, 0.717) is 16.7 Å². The molecule has 24 heavy (non-hydrogen) atoms. The van der Waals surface area contributed by atoms with E-state index in [2.05, 4.69) is 5.32 Å². The number of nitrogens with one attached hydrogen (secondary N) is 1. The minimum absolute atomic E-state index is 0.0852. The van der Waals surface area contributed by atoms with Gasteiger partial charge in [0.15, 0.2) is 17.6 Å². The van der Waals surface area contributed by atoms with Gasteiger partial charge in [0.2, 0.25) is 0 Å². The van der Waals surface area contributed by atoms with E-state index < -0.39 is 12.0 Å². The molecule has 1 heterocycles. The van der Waals surface area contributed by atoms with Crippen LogP contribution >= 0.6 is 0 Å². The molecule has 0 spiro atoms. The van der Waals surface area contributed by atoms with E-state index in [-0.39, 0.29) is 23.4 Å². The largest absolute Gasteiger partial charge is 0.452 e. The van der Waals surface area contributed by atoms with Crippen molar-refractivity contribution in [1.29, 1.82) is 0 Å². The topological polar surface area (TPSA) is 85.6 Å². The molecule has 1 saturated carbocycles. The first-order valence-corrected chi connectivity index (χ1v) is 8.01. The zero-order chi connectivity index (χ0) is 17.3. The third-order valence-electron chi connectivity index (χ3n) is 4.26. The molecule has 1 aliphatic rings. The van der Waals surface area contributed by atoms with Crippen LogP contribution in [0.2, 0.25) is 0 Å². The van der Waals surface area contributed by atoms with E-state index in [0.717, 1.165) is 19.3 Å². The van der Waals surface area contributed by atoms with Gasteiger partial charge in [-0.2, -0.15) is 0 Å². The summed E-state index contributed by atoms with van der Waals surface area (Å²) in [6.07, 6.45) is 1.71. The van der Waals surface area contributed by atoms with Gasteiger partial charge in [-0.3, -0.25) is 14.4 Å². The number of esters is 1. The van der Waals surface area contributed by atoms with Gasteiger partial charge in [-0.25, -0.2) is 0 Å². The number of furan rings is 1. The monoisotopic (exact) mass is 329 g/mol. The summed E-state index contributed by atoms with van der Waals surface area (Å²) < 4.78 is 10.7. The van der Waals surface area contributed by atoms with Crippen LogP contribution in [0.1, 0.15) is 43.7 Å². The van der Waals surface area contributed by atoms with E-state index >= 15 is 0 Å². The molecule has 3 rings (SSSR count). The van der Waals surface area contributed by atoms with E-state index in [9.17, 15) is 14.4 Å². The quantitative estimate of drug-likeness (QED) is 0.672. The number of carbonyl (C=O) groups is 3. The number of ether oxygens (including phenoxy) is 1. The van der Waals surface area contributed by atoms with Crippen molar-refractivity contribution in [3.8, 4) is 0 Å². The lowest BCUT2D eigenvalue weighted by Crippen LogP contribution is -2.34. The summed E-state index contributed by atoms with van der Waals surface area (Å²) in [4.78, 5) is 36.0. The third-order valence-corrected chi connectivity index (χ3v) is 4.26. The molecule has 2 aromatic rings. The van der Waals surface area contributed by atoms with Crippen molar-refractivity contribution in [2.75, 3.05) is 5.32 Å². The van der Waals surface area contributed by atoms with Gasteiger partial charge < -0.3 is 14.5 Å². The Morgan fingerprint density at radius 2 is 1.96 bits per heavy atom. The van der Waals surface area contributed by atoms with Crippen molar-refractivity contribution in [3.63, 3.8) is 0 Å². The van der Waals surface area contributed by atoms with Crippen LogP contribution in [0.15, 0.2) is 28.7 Å². The zero-order valence-corrected chi connectivity index (χ0v) is 13.6. The number of Topliss-reactive ketones (excluding diaryl/α,β-unsaturated/α-hetero) is 1. The van der Waals surface area contributed by atoms with Crippen LogP contribution in [0, 0.1) is 5.92 Å². The maximum atomic E-state index is 12.4. The number of fused-ring (bicyclic) bond motifs is 1. The van der Waals surface area contributed by atoms with Crippen LogP contribution in [0.25, 0.3) is 11.0 Å². The fraction of sp³-hybridized carbons (Fsp3) is 0.389. The number of hydrogen-bond acceptors (Lipinski definition) is 5. The predicted molar refractivity (Wildman–Crippen MR) is 87.7 cm³/mol. The van der Waals surface area contributed by atoms with Gasteiger partial charge in [-0.15, -0.1) is 0 Å². The molecular formula is C18H19NO5. The van der Waals surface area contributed by atoms with Crippen molar-refractivity contribution < 1.29 is 23.5 Å². The van der Waals surface area contributed by atoms with Crippen molar-refractivity contribution >= 4 is 34.3 Å². The molecule has 1 aliphatic carbocycles. The first-order chi connectivity index (χ1) is 11.5. The number of ketones is 1. The molecule has 1 amide bonds. The Hall–Kier alpha value is -2.63. The third kappa shape index (κ3) is 3.04. The molecule has 6 heteroatoms. The Balaban J connectivity index is 1.78. The van der Waals surface area contributed by atoms with Crippen molar-refractivity contribution in [1.82, 2.24) is 0 Å². The number of rotatable bonds is 5. The highest BCUT2D eigenvalue weighted by molar-refractivity contribution is 6.11. The molecule has 1 atom stereocenters. The van der Waals surface area contributed by atoms with Gasteiger partial charge >= 0.3 is 5.97 Å². The molecule has 0 radical (unpaired) electrons. The summed E-state index contributed by atoms with van der Waals surface area (Å²) in [6, 6.07) is 7.05. The summed E-state index contributed by atoms with van der Waals surface area (Å²) in [5, 5.41) is 3.30. The van der Waals surface area contributed by atoms with Crippen LogP contribution < -0.4 is 5.32 Å². The molecular weight excluding hydrogens is 310 g/mol. The van der Waals surface area contributed by atoms with E-state index in [4.69, 9.17) is 9.15 Å². The van der Waals surface area contributed by atoms with Crippen molar-refractivity contribution in [3.05, 3.63) is 30.0 Å². The summed E-state index contributed by atoms with van der Waals surface area (Å²) in [7, 11) is 0. The van der Waals surface area contributed by atoms with Gasteiger partial charge in [0.25, 0.3) is 5.91 Å². The molecule has 0 unspecified atom stereocenters. The van der Waals surface area contributed by atoms with Crippen LogP contribution in [0.4, 0.5) is 5.69 Å². The zero-order valence-electron chi connectivity index (χ0n) is 13.6. The number of amides is 1. The fourth-order valence-electron chi connectivity index (χ4n) is 2.61. The Labute approximate surface area is 139 Å². The Bertz CT molecular complexity index is 803. The lowest BCUT2D eigenvalue weighted by molar-refractivity contribution is -0.159. The minimum Gasteiger partial charge on any atom is -0.452 e. The van der Waals surface area contributed by atoms with Gasteiger partial charge in [0.05, 0.1) is 11.6 Å². The molecule has 1 fully saturated rings. The molecule has 1 N–H and O–H groups in total. The summed E-state index contributed by atoms with van der Waals surface area (Å²) in [5.41, 5.74) is 0.826. The van der Waals surface area contributed by atoms with E-state index in [1.54, 1.807) is 24.3 Å². The maximum absolute atomic E-state index is 12.4.